The fourth-order valence-corrected chi connectivity index (χ4v) is 1.91. The third kappa shape index (κ3) is 5.22. The fourth-order valence-electron chi connectivity index (χ4n) is 1.54. The van der Waals surface area contributed by atoms with Crippen LogP contribution >= 0.6 is 11.8 Å². The summed E-state index contributed by atoms with van der Waals surface area (Å²) in [6.45, 7) is 2.84. The Morgan fingerprint density at radius 3 is 2.32 bits per heavy atom. The van der Waals surface area contributed by atoms with Crippen LogP contribution in [0.1, 0.15) is 0 Å². The molecule has 0 aliphatic heterocycles. The van der Waals surface area contributed by atoms with E-state index in [-0.39, 0.29) is 0 Å². The molecule has 7 heteroatoms. The van der Waals surface area contributed by atoms with Crippen molar-refractivity contribution in [2.75, 3.05) is 64.0 Å². The van der Waals surface area contributed by atoms with Crippen molar-refractivity contribution in [1.29, 1.82) is 0 Å². The zero-order chi connectivity index (χ0) is 14.1. The van der Waals surface area contributed by atoms with E-state index in [4.69, 9.17) is 9.47 Å². The molecule has 1 heterocycles. The number of anilines is 2. The Morgan fingerprint density at radius 1 is 1.21 bits per heavy atom. The zero-order valence-electron chi connectivity index (χ0n) is 12.0. The van der Waals surface area contributed by atoms with E-state index in [1.54, 1.807) is 14.2 Å². The molecule has 19 heavy (non-hydrogen) atoms. The van der Waals surface area contributed by atoms with Crippen molar-refractivity contribution in [3.8, 4) is 0 Å². The molecule has 0 aliphatic carbocycles. The van der Waals surface area contributed by atoms with Crippen LogP contribution in [0, 0.1) is 0 Å². The molecule has 0 amide bonds. The Morgan fingerprint density at radius 2 is 1.84 bits per heavy atom. The van der Waals surface area contributed by atoms with Crippen LogP contribution in [0.15, 0.2) is 11.2 Å². The van der Waals surface area contributed by atoms with Crippen molar-refractivity contribution in [1.82, 2.24) is 9.97 Å². The second kappa shape index (κ2) is 8.95. The number of thioether (sulfide) groups is 1. The van der Waals surface area contributed by atoms with Crippen LogP contribution in [0.3, 0.4) is 0 Å². The number of nitrogens with zero attached hydrogens (tertiary/aromatic N) is 3. The molecule has 1 aromatic rings. The third-order valence-corrected chi connectivity index (χ3v) is 3.13. The molecule has 0 saturated carbocycles. The smallest absolute Gasteiger partial charge is 0.191 e. The van der Waals surface area contributed by atoms with Crippen molar-refractivity contribution in [3.05, 3.63) is 6.07 Å². The predicted octanol–water partition coefficient (Wildman–Crippen LogP) is 1.34. The molecular weight excluding hydrogens is 264 g/mol. The van der Waals surface area contributed by atoms with Crippen molar-refractivity contribution < 1.29 is 9.47 Å². The Hall–Kier alpha value is -1.05. The molecule has 0 unspecified atom stereocenters. The van der Waals surface area contributed by atoms with Gasteiger partial charge in [-0.2, -0.15) is 0 Å². The first kappa shape index (κ1) is 16.0. The second-order valence-corrected chi connectivity index (χ2v) is 4.59. The number of methoxy groups -OCH3 is 2. The van der Waals surface area contributed by atoms with E-state index in [0.717, 1.165) is 29.9 Å². The van der Waals surface area contributed by atoms with Crippen molar-refractivity contribution >= 4 is 23.4 Å². The lowest BCUT2D eigenvalue weighted by Crippen LogP contribution is -2.31. The minimum Gasteiger partial charge on any atom is -0.383 e. The van der Waals surface area contributed by atoms with Crippen LogP contribution in [0.2, 0.25) is 0 Å². The minimum absolute atomic E-state index is 0.650. The topological polar surface area (TPSA) is 59.5 Å². The molecule has 0 spiro atoms. The van der Waals surface area contributed by atoms with Gasteiger partial charge in [0, 0.05) is 40.4 Å². The molecule has 1 N–H and O–H groups in total. The molecule has 1 rings (SSSR count). The summed E-state index contributed by atoms with van der Waals surface area (Å²) in [5.74, 6) is 1.70. The SMILES string of the molecule is CNc1cc(N(CCOC)CCOC)nc(SC)n1. The van der Waals surface area contributed by atoms with Crippen molar-refractivity contribution in [2.45, 2.75) is 5.16 Å². The lowest BCUT2D eigenvalue weighted by molar-refractivity contribution is 0.190. The van der Waals surface area contributed by atoms with E-state index in [1.807, 2.05) is 19.4 Å². The Labute approximate surface area is 118 Å². The number of ether oxygens (including phenoxy) is 2. The quantitative estimate of drug-likeness (QED) is 0.543. The van der Waals surface area contributed by atoms with E-state index in [1.165, 1.54) is 11.8 Å². The van der Waals surface area contributed by atoms with Crippen LogP contribution in [-0.2, 0) is 9.47 Å². The molecule has 0 radical (unpaired) electrons. The predicted molar refractivity (Wildman–Crippen MR) is 79.3 cm³/mol. The second-order valence-electron chi connectivity index (χ2n) is 3.82. The first-order valence-corrected chi connectivity index (χ1v) is 7.31. The van der Waals surface area contributed by atoms with Crippen LogP contribution in [-0.4, -0.2) is 63.8 Å². The summed E-state index contributed by atoms with van der Waals surface area (Å²) < 4.78 is 10.3. The van der Waals surface area contributed by atoms with Gasteiger partial charge in [0.25, 0.3) is 0 Å². The van der Waals surface area contributed by atoms with Gasteiger partial charge < -0.3 is 19.7 Å². The highest BCUT2D eigenvalue weighted by atomic mass is 32.2. The summed E-state index contributed by atoms with van der Waals surface area (Å²) in [4.78, 5) is 11.0. The third-order valence-electron chi connectivity index (χ3n) is 2.59. The molecule has 0 atom stereocenters. The summed E-state index contributed by atoms with van der Waals surface area (Å²) >= 11 is 1.53. The molecule has 0 aromatic carbocycles. The largest absolute Gasteiger partial charge is 0.383 e. The maximum Gasteiger partial charge on any atom is 0.191 e. The number of hydrogen-bond donors (Lipinski definition) is 1. The Balaban J connectivity index is 2.91. The molecule has 0 aliphatic rings. The molecule has 1 aromatic heterocycles. The van der Waals surface area contributed by atoms with Gasteiger partial charge in [-0.1, -0.05) is 11.8 Å². The van der Waals surface area contributed by atoms with E-state index in [2.05, 4.69) is 20.2 Å². The summed E-state index contributed by atoms with van der Waals surface area (Å²) in [7, 11) is 5.24. The summed E-state index contributed by atoms with van der Waals surface area (Å²) in [6, 6.07) is 1.94. The van der Waals surface area contributed by atoms with Crippen LogP contribution < -0.4 is 10.2 Å². The minimum atomic E-state index is 0.650. The average molecular weight is 286 g/mol. The van der Waals surface area contributed by atoms with Crippen LogP contribution in [0.4, 0.5) is 11.6 Å². The highest BCUT2D eigenvalue weighted by Crippen LogP contribution is 2.20. The van der Waals surface area contributed by atoms with Crippen molar-refractivity contribution in [3.63, 3.8) is 0 Å². The van der Waals surface area contributed by atoms with E-state index < -0.39 is 0 Å². The average Bonchev–Trinajstić information content (AvgIpc) is 2.46. The van der Waals surface area contributed by atoms with Gasteiger partial charge >= 0.3 is 0 Å². The van der Waals surface area contributed by atoms with Crippen LogP contribution in [0.25, 0.3) is 0 Å². The number of aromatic nitrogens is 2. The zero-order valence-corrected chi connectivity index (χ0v) is 12.8. The first-order valence-electron chi connectivity index (χ1n) is 6.08. The first-order chi connectivity index (χ1) is 9.24. The fraction of sp³-hybridized carbons (Fsp3) is 0.667. The number of hydrogen-bond acceptors (Lipinski definition) is 7. The highest BCUT2D eigenvalue weighted by molar-refractivity contribution is 7.98. The van der Waals surface area contributed by atoms with Gasteiger partial charge in [-0.3, -0.25) is 0 Å². The number of nitrogens with one attached hydrogen (secondary N) is 1. The van der Waals surface area contributed by atoms with E-state index in [0.29, 0.717) is 13.2 Å². The standard InChI is InChI=1S/C12H22N4O2S/c1-13-10-9-11(15-12(14-10)19-4)16(5-7-17-2)6-8-18-3/h9H,5-8H2,1-4H3,(H,13,14,15). The molecule has 0 fully saturated rings. The van der Waals surface area contributed by atoms with Gasteiger partial charge in [0.1, 0.15) is 11.6 Å². The van der Waals surface area contributed by atoms with E-state index in [9.17, 15) is 0 Å². The molecular formula is C12H22N4O2S. The lowest BCUT2D eigenvalue weighted by Gasteiger charge is -2.23. The van der Waals surface area contributed by atoms with Gasteiger partial charge in [0.2, 0.25) is 0 Å². The van der Waals surface area contributed by atoms with Gasteiger partial charge in [0.15, 0.2) is 5.16 Å². The summed E-state index contributed by atoms with van der Waals surface area (Å²) in [6.07, 6.45) is 1.97. The summed E-state index contributed by atoms with van der Waals surface area (Å²) in [5, 5.41) is 3.81. The summed E-state index contributed by atoms with van der Waals surface area (Å²) in [5.41, 5.74) is 0. The van der Waals surface area contributed by atoms with Gasteiger partial charge in [0.05, 0.1) is 13.2 Å². The molecule has 108 valence electrons. The number of rotatable bonds is 9. The van der Waals surface area contributed by atoms with Gasteiger partial charge in [-0.25, -0.2) is 9.97 Å². The molecule has 0 saturated heterocycles. The monoisotopic (exact) mass is 286 g/mol. The Kier molecular flexibility index (Phi) is 7.54. The van der Waals surface area contributed by atoms with Crippen LogP contribution in [0.5, 0.6) is 0 Å². The lowest BCUT2D eigenvalue weighted by atomic mass is 10.4. The molecule has 6 nitrogen and oxygen atoms in total. The van der Waals surface area contributed by atoms with Gasteiger partial charge in [-0.05, 0) is 6.26 Å². The van der Waals surface area contributed by atoms with E-state index >= 15 is 0 Å². The maximum atomic E-state index is 5.14. The highest BCUT2D eigenvalue weighted by Gasteiger charge is 2.11. The maximum absolute atomic E-state index is 5.14. The normalized spacial score (nSPS) is 10.5. The Bertz CT molecular complexity index is 348. The molecule has 0 bridgehead atoms. The van der Waals surface area contributed by atoms with Gasteiger partial charge in [-0.15, -0.1) is 0 Å². The van der Waals surface area contributed by atoms with Crippen molar-refractivity contribution in [2.24, 2.45) is 0 Å².